The highest BCUT2D eigenvalue weighted by Gasteiger charge is 2.41. The average molecular weight is 435 g/mol. The molecule has 1 aromatic carbocycles. The molecule has 2 N–H and O–H groups in total. The first-order chi connectivity index (χ1) is 14.6. The van der Waals surface area contributed by atoms with E-state index < -0.39 is 47.2 Å². The topological polar surface area (TPSA) is 137 Å². The molecule has 31 heavy (non-hydrogen) atoms. The second-order valence-corrected chi connectivity index (χ2v) is 7.05. The first kappa shape index (κ1) is 23.7. The number of aliphatic hydroxyl groups is 1. The fraction of sp³-hybridized carbons (Fsp3) is 0.429. The largest absolute Gasteiger partial charge is 0.511 e. The van der Waals surface area contributed by atoms with Crippen LogP contribution in [-0.4, -0.2) is 47.5 Å². The van der Waals surface area contributed by atoms with Gasteiger partial charge in [-0.05, 0) is 18.9 Å². The number of allylic oxidation sites excluding steroid dienone is 1. The molecular weight excluding hydrogens is 410 g/mol. The molecule has 0 saturated carbocycles. The van der Waals surface area contributed by atoms with Crippen LogP contribution in [0.1, 0.15) is 39.2 Å². The number of nitrogens with one attached hydrogen (secondary N) is 1. The van der Waals surface area contributed by atoms with Crippen molar-refractivity contribution in [2.45, 2.75) is 52.0 Å². The monoisotopic (exact) mass is 435 g/mol. The van der Waals surface area contributed by atoms with E-state index >= 15 is 0 Å². The van der Waals surface area contributed by atoms with Crippen molar-refractivity contribution in [3.63, 3.8) is 0 Å². The standard InChI is InChI=1S/C21H25NO9/c1-4-28-20(27)22-14(17(24)29-12-13-8-6-5-7-9-13)10-11-15(23)16-18(25)30-21(2,3)31-19(16)26/h5-9,14,23H,4,10-12H2,1-3H3,(H,22,27)/t14-/m1/s1. The van der Waals surface area contributed by atoms with Gasteiger partial charge in [0, 0.05) is 20.3 Å². The summed E-state index contributed by atoms with van der Waals surface area (Å²) in [4.78, 5) is 48.4. The molecule has 1 aromatic rings. The van der Waals surface area contributed by atoms with Crippen LogP contribution in [0.15, 0.2) is 41.7 Å². The van der Waals surface area contributed by atoms with Gasteiger partial charge in [-0.25, -0.2) is 19.2 Å². The van der Waals surface area contributed by atoms with Gasteiger partial charge in [0.1, 0.15) is 18.4 Å². The maximum absolute atomic E-state index is 12.5. The second-order valence-electron chi connectivity index (χ2n) is 7.05. The summed E-state index contributed by atoms with van der Waals surface area (Å²) in [5, 5.41) is 12.6. The highest BCUT2D eigenvalue weighted by Crippen LogP contribution is 2.25. The molecule has 1 fully saturated rings. The second kappa shape index (κ2) is 10.5. The Morgan fingerprint density at radius 2 is 1.71 bits per heavy atom. The first-order valence-electron chi connectivity index (χ1n) is 9.65. The summed E-state index contributed by atoms with van der Waals surface area (Å²) in [5.74, 6) is -4.94. The molecule has 1 saturated heterocycles. The summed E-state index contributed by atoms with van der Waals surface area (Å²) in [6.07, 6.45) is -1.34. The van der Waals surface area contributed by atoms with Gasteiger partial charge >= 0.3 is 24.0 Å². The molecule has 0 spiro atoms. The number of carbonyl (C=O) groups excluding carboxylic acids is 4. The van der Waals surface area contributed by atoms with Crippen LogP contribution in [-0.2, 0) is 39.9 Å². The number of alkyl carbamates (subject to hydrolysis) is 1. The number of hydrogen-bond donors (Lipinski definition) is 2. The van der Waals surface area contributed by atoms with Crippen molar-refractivity contribution in [2.24, 2.45) is 0 Å². The fourth-order valence-corrected chi connectivity index (χ4v) is 2.69. The molecule has 1 atom stereocenters. The number of rotatable bonds is 8. The van der Waals surface area contributed by atoms with Crippen LogP contribution in [0.5, 0.6) is 0 Å². The van der Waals surface area contributed by atoms with E-state index in [1.807, 2.05) is 6.07 Å². The Hall–Kier alpha value is -3.56. The quantitative estimate of drug-likeness (QED) is 0.207. The molecule has 1 aliphatic rings. The van der Waals surface area contributed by atoms with Crippen LogP contribution < -0.4 is 5.32 Å². The Morgan fingerprint density at radius 1 is 1.10 bits per heavy atom. The van der Waals surface area contributed by atoms with Crippen molar-refractivity contribution in [1.29, 1.82) is 0 Å². The molecule has 0 radical (unpaired) electrons. The van der Waals surface area contributed by atoms with Crippen molar-refractivity contribution >= 4 is 24.0 Å². The van der Waals surface area contributed by atoms with E-state index in [4.69, 9.17) is 18.9 Å². The SMILES string of the molecule is CCOC(=O)N[C@H](CCC(O)=C1C(=O)OC(C)(C)OC1=O)C(=O)OCc1ccccc1. The minimum Gasteiger partial charge on any atom is -0.511 e. The molecule has 0 aliphatic carbocycles. The first-order valence-corrected chi connectivity index (χ1v) is 9.65. The lowest BCUT2D eigenvalue weighted by atomic mass is 10.1. The molecule has 0 aromatic heterocycles. The van der Waals surface area contributed by atoms with Crippen LogP contribution in [0.3, 0.4) is 0 Å². The molecule has 0 unspecified atom stereocenters. The van der Waals surface area contributed by atoms with Crippen LogP contribution in [0.2, 0.25) is 0 Å². The van der Waals surface area contributed by atoms with Gasteiger partial charge in [0.2, 0.25) is 0 Å². The Labute approximate surface area is 179 Å². The summed E-state index contributed by atoms with van der Waals surface area (Å²) in [7, 11) is 0. The maximum atomic E-state index is 12.5. The summed E-state index contributed by atoms with van der Waals surface area (Å²) in [6.45, 7) is 4.40. The summed E-state index contributed by atoms with van der Waals surface area (Å²) >= 11 is 0. The van der Waals surface area contributed by atoms with Gasteiger partial charge in [-0.15, -0.1) is 0 Å². The summed E-state index contributed by atoms with van der Waals surface area (Å²) in [6, 6.07) is 7.71. The average Bonchev–Trinajstić information content (AvgIpc) is 2.68. The molecule has 1 amide bonds. The van der Waals surface area contributed by atoms with Gasteiger partial charge in [-0.3, -0.25) is 0 Å². The molecule has 10 nitrogen and oxygen atoms in total. The van der Waals surface area contributed by atoms with Crippen LogP contribution >= 0.6 is 0 Å². The molecule has 10 heteroatoms. The number of carbonyl (C=O) groups is 4. The Kier molecular flexibility index (Phi) is 8.00. The third-order valence-corrected chi connectivity index (χ3v) is 4.12. The molecular formula is C21H25NO9. The maximum Gasteiger partial charge on any atom is 0.407 e. The van der Waals surface area contributed by atoms with E-state index in [-0.39, 0.29) is 26.1 Å². The number of cyclic esters (lactones) is 2. The van der Waals surface area contributed by atoms with Gasteiger partial charge in [0.05, 0.1) is 6.61 Å². The third kappa shape index (κ3) is 7.02. The number of ether oxygens (including phenoxy) is 4. The lowest BCUT2D eigenvalue weighted by Crippen LogP contribution is -2.43. The number of aliphatic hydroxyl groups excluding tert-OH is 1. The summed E-state index contributed by atoms with van der Waals surface area (Å²) in [5.41, 5.74) is 0.0814. The van der Waals surface area contributed by atoms with E-state index in [2.05, 4.69) is 5.32 Å². The molecule has 168 valence electrons. The fourth-order valence-electron chi connectivity index (χ4n) is 2.69. The van der Waals surface area contributed by atoms with Gasteiger partial charge in [-0.1, -0.05) is 30.3 Å². The zero-order chi connectivity index (χ0) is 23.0. The molecule has 2 rings (SSSR count). The van der Waals surface area contributed by atoms with E-state index in [1.54, 1.807) is 31.2 Å². The predicted molar refractivity (Wildman–Crippen MR) is 105 cm³/mol. The molecule has 0 bridgehead atoms. The Morgan fingerprint density at radius 3 is 2.29 bits per heavy atom. The van der Waals surface area contributed by atoms with Crippen LogP contribution in [0, 0.1) is 0 Å². The minimum atomic E-state index is -1.45. The van der Waals surface area contributed by atoms with E-state index in [1.165, 1.54) is 13.8 Å². The number of amides is 1. The summed E-state index contributed by atoms with van der Waals surface area (Å²) < 4.78 is 19.9. The van der Waals surface area contributed by atoms with Crippen LogP contribution in [0.25, 0.3) is 0 Å². The highest BCUT2D eigenvalue weighted by atomic mass is 16.7. The van der Waals surface area contributed by atoms with E-state index in [0.717, 1.165) is 5.56 Å². The Bertz CT molecular complexity index is 839. The highest BCUT2D eigenvalue weighted by molar-refractivity contribution is 6.15. The normalized spacial score (nSPS) is 15.9. The van der Waals surface area contributed by atoms with Gasteiger partial charge in [0.25, 0.3) is 5.79 Å². The zero-order valence-electron chi connectivity index (χ0n) is 17.5. The van der Waals surface area contributed by atoms with Crippen molar-refractivity contribution in [1.82, 2.24) is 5.32 Å². The van der Waals surface area contributed by atoms with E-state index in [9.17, 15) is 24.3 Å². The predicted octanol–water partition coefficient (Wildman–Crippen LogP) is 2.27. The molecule has 1 heterocycles. The third-order valence-electron chi connectivity index (χ3n) is 4.12. The van der Waals surface area contributed by atoms with Crippen LogP contribution in [0.4, 0.5) is 4.79 Å². The lowest BCUT2D eigenvalue weighted by Gasteiger charge is -2.30. The lowest BCUT2D eigenvalue weighted by molar-refractivity contribution is -0.222. The van der Waals surface area contributed by atoms with Crippen molar-refractivity contribution in [3.8, 4) is 0 Å². The van der Waals surface area contributed by atoms with Gasteiger partial charge < -0.3 is 29.4 Å². The minimum absolute atomic E-state index is 0.0263. The van der Waals surface area contributed by atoms with Gasteiger partial charge in [-0.2, -0.15) is 0 Å². The molecule has 1 aliphatic heterocycles. The number of benzene rings is 1. The van der Waals surface area contributed by atoms with Gasteiger partial charge in [0.15, 0.2) is 5.57 Å². The zero-order valence-corrected chi connectivity index (χ0v) is 17.5. The van der Waals surface area contributed by atoms with Crippen molar-refractivity contribution in [2.75, 3.05) is 6.61 Å². The Balaban J connectivity index is 2.07. The number of hydrogen-bond acceptors (Lipinski definition) is 9. The smallest absolute Gasteiger partial charge is 0.407 e. The number of esters is 3. The van der Waals surface area contributed by atoms with Crippen molar-refractivity contribution in [3.05, 3.63) is 47.2 Å². The van der Waals surface area contributed by atoms with Crippen molar-refractivity contribution < 1.29 is 43.2 Å². The van der Waals surface area contributed by atoms with E-state index in [0.29, 0.717) is 0 Å².